The first kappa shape index (κ1) is 18.0. The normalized spacial score (nSPS) is 16.7. The average Bonchev–Trinajstić information content (AvgIpc) is 2.56. The highest BCUT2D eigenvalue weighted by atomic mass is 35.5. The van der Waals surface area contributed by atoms with Crippen LogP contribution in [0.4, 0.5) is 4.79 Å². The van der Waals surface area contributed by atoms with Gasteiger partial charge in [-0.1, -0.05) is 48.5 Å². The average molecular weight is 359 g/mol. The van der Waals surface area contributed by atoms with Gasteiger partial charge in [0, 0.05) is 7.05 Å². The predicted octanol–water partition coefficient (Wildman–Crippen LogP) is 3.84. The Hall–Kier alpha value is -1.30. The highest BCUT2D eigenvalue weighted by Gasteiger charge is 2.28. The molecule has 1 unspecified atom stereocenters. The molecule has 0 aliphatic heterocycles. The van der Waals surface area contributed by atoms with Gasteiger partial charge in [0.1, 0.15) is 0 Å². The molecule has 2 rings (SSSR count). The van der Waals surface area contributed by atoms with E-state index in [9.17, 15) is 9.59 Å². The quantitative estimate of drug-likeness (QED) is 0.858. The number of halogens is 2. The number of carbonyl (C=O) groups is 2. The third kappa shape index (κ3) is 5.09. The Balaban J connectivity index is 2.20. The maximum Gasteiger partial charge on any atom is 0.321 e. The van der Waals surface area contributed by atoms with Crippen LogP contribution in [-0.2, 0) is 9.53 Å². The van der Waals surface area contributed by atoms with Crippen LogP contribution in [0.5, 0.6) is 0 Å². The van der Waals surface area contributed by atoms with Gasteiger partial charge in [0.25, 0.3) is 5.91 Å². The third-order valence-corrected chi connectivity index (χ3v) is 4.57. The summed E-state index contributed by atoms with van der Waals surface area (Å²) in [6.07, 6.45) is 4.26. The van der Waals surface area contributed by atoms with Crippen LogP contribution in [0.2, 0.25) is 10.0 Å². The molecule has 1 aliphatic rings. The van der Waals surface area contributed by atoms with Crippen LogP contribution in [0, 0.1) is 0 Å². The Kier molecular flexibility index (Phi) is 6.69. The Bertz CT molecular complexity index is 574. The van der Waals surface area contributed by atoms with Gasteiger partial charge in [-0.25, -0.2) is 4.79 Å². The molecule has 5 nitrogen and oxygen atoms in total. The number of hydrogen-bond acceptors (Lipinski definition) is 3. The maximum atomic E-state index is 12.4. The van der Waals surface area contributed by atoms with Crippen LogP contribution in [-0.4, -0.2) is 25.1 Å². The van der Waals surface area contributed by atoms with Gasteiger partial charge >= 0.3 is 6.03 Å². The van der Waals surface area contributed by atoms with Crippen molar-refractivity contribution in [1.29, 1.82) is 0 Å². The summed E-state index contributed by atoms with van der Waals surface area (Å²) in [4.78, 5) is 23.8. The summed E-state index contributed by atoms with van der Waals surface area (Å²) in [5.74, 6) is -0.520. The fourth-order valence-corrected chi connectivity index (χ4v) is 2.91. The standard InChI is InChI=1S/C16H20Cl2N2O3/c1-19-16(22)20-15(21)14(23-11-5-3-2-4-6-11)10-7-8-12(17)13(18)9-10/h7-9,11,14H,2-6H2,1H3,(H2,19,20,21,22). The number of imide groups is 1. The monoisotopic (exact) mass is 358 g/mol. The molecule has 3 amide bonds. The summed E-state index contributed by atoms with van der Waals surface area (Å²) in [5, 5.41) is 5.36. The fraction of sp³-hybridized carbons (Fsp3) is 0.500. The Morgan fingerprint density at radius 1 is 1.17 bits per heavy atom. The Morgan fingerprint density at radius 3 is 2.48 bits per heavy atom. The topological polar surface area (TPSA) is 67.4 Å². The molecule has 0 heterocycles. The molecule has 23 heavy (non-hydrogen) atoms. The van der Waals surface area contributed by atoms with E-state index < -0.39 is 18.0 Å². The van der Waals surface area contributed by atoms with Crippen molar-refractivity contribution in [3.8, 4) is 0 Å². The minimum absolute atomic E-state index is 0.00126. The minimum atomic E-state index is -0.898. The smallest absolute Gasteiger partial charge is 0.321 e. The summed E-state index contributed by atoms with van der Waals surface area (Å²) in [6, 6.07) is 4.32. The minimum Gasteiger partial charge on any atom is -0.360 e. The first-order chi connectivity index (χ1) is 11.0. The second kappa shape index (κ2) is 8.52. The van der Waals surface area contributed by atoms with Crippen molar-refractivity contribution in [2.75, 3.05) is 7.05 Å². The van der Waals surface area contributed by atoms with Crippen molar-refractivity contribution in [2.24, 2.45) is 0 Å². The molecule has 0 aromatic heterocycles. The first-order valence-electron chi connectivity index (χ1n) is 7.64. The number of rotatable bonds is 4. The van der Waals surface area contributed by atoms with Crippen molar-refractivity contribution < 1.29 is 14.3 Å². The third-order valence-electron chi connectivity index (χ3n) is 3.83. The van der Waals surface area contributed by atoms with Crippen molar-refractivity contribution in [2.45, 2.75) is 44.3 Å². The van der Waals surface area contributed by atoms with Crippen LogP contribution in [0.15, 0.2) is 18.2 Å². The molecule has 2 N–H and O–H groups in total. The van der Waals surface area contributed by atoms with Crippen LogP contribution < -0.4 is 10.6 Å². The number of carbonyl (C=O) groups excluding carboxylic acids is 2. The number of benzene rings is 1. The molecule has 0 spiro atoms. The van der Waals surface area contributed by atoms with E-state index >= 15 is 0 Å². The van der Waals surface area contributed by atoms with E-state index in [1.165, 1.54) is 13.5 Å². The molecule has 0 radical (unpaired) electrons. The lowest BCUT2D eigenvalue weighted by atomic mass is 9.97. The SMILES string of the molecule is CNC(=O)NC(=O)C(OC1CCCCC1)c1ccc(Cl)c(Cl)c1. The van der Waals surface area contributed by atoms with Gasteiger partial charge < -0.3 is 10.1 Å². The molecule has 0 saturated heterocycles. The summed E-state index contributed by atoms with van der Waals surface area (Å²) in [7, 11) is 1.44. The zero-order valence-electron chi connectivity index (χ0n) is 12.9. The first-order valence-corrected chi connectivity index (χ1v) is 8.40. The molecule has 1 atom stereocenters. The fourth-order valence-electron chi connectivity index (χ4n) is 2.60. The number of nitrogens with one attached hydrogen (secondary N) is 2. The summed E-state index contributed by atoms with van der Waals surface area (Å²) >= 11 is 12.0. The van der Waals surface area contributed by atoms with Crippen LogP contribution in [0.3, 0.4) is 0 Å². The lowest BCUT2D eigenvalue weighted by molar-refractivity contribution is -0.137. The van der Waals surface area contributed by atoms with Gasteiger partial charge in [0.2, 0.25) is 0 Å². The van der Waals surface area contributed by atoms with E-state index in [1.54, 1.807) is 18.2 Å². The van der Waals surface area contributed by atoms with Crippen LogP contribution in [0.1, 0.15) is 43.8 Å². The van der Waals surface area contributed by atoms with E-state index in [0.717, 1.165) is 25.7 Å². The lowest BCUT2D eigenvalue weighted by Gasteiger charge is -2.27. The molecule has 1 aromatic rings. The lowest BCUT2D eigenvalue weighted by Crippen LogP contribution is -2.41. The molecule has 126 valence electrons. The largest absolute Gasteiger partial charge is 0.360 e. The highest BCUT2D eigenvalue weighted by Crippen LogP contribution is 2.31. The van der Waals surface area contributed by atoms with Crippen LogP contribution in [0.25, 0.3) is 0 Å². The zero-order valence-corrected chi connectivity index (χ0v) is 14.4. The summed E-state index contributed by atoms with van der Waals surface area (Å²) < 4.78 is 5.99. The molecule has 1 aliphatic carbocycles. The molecule has 0 bridgehead atoms. The molecular formula is C16H20Cl2N2O3. The summed E-state index contributed by atoms with van der Waals surface area (Å²) in [5.41, 5.74) is 0.575. The van der Waals surface area contributed by atoms with E-state index in [-0.39, 0.29) is 6.10 Å². The number of amides is 3. The number of urea groups is 1. The number of ether oxygens (including phenoxy) is 1. The van der Waals surface area contributed by atoms with Gasteiger partial charge in [0.15, 0.2) is 6.10 Å². The molecule has 1 aromatic carbocycles. The Morgan fingerprint density at radius 2 is 1.87 bits per heavy atom. The van der Waals surface area contributed by atoms with Gasteiger partial charge in [-0.2, -0.15) is 0 Å². The second-order valence-corrected chi connectivity index (χ2v) is 6.33. The van der Waals surface area contributed by atoms with E-state index in [2.05, 4.69) is 10.6 Å². The van der Waals surface area contributed by atoms with Gasteiger partial charge in [-0.15, -0.1) is 0 Å². The summed E-state index contributed by atoms with van der Waals surface area (Å²) in [6.45, 7) is 0. The number of hydrogen-bond donors (Lipinski definition) is 2. The highest BCUT2D eigenvalue weighted by molar-refractivity contribution is 6.42. The van der Waals surface area contributed by atoms with E-state index in [4.69, 9.17) is 27.9 Å². The molecule has 1 saturated carbocycles. The van der Waals surface area contributed by atoms with Gasteiger partial charge in [0.05, 0.1) is 16.1 Å². The zero-order chi connectivity index (χ0) is 16.8. The van der Waals surface area contributed by atoms with Crippen molar-refractivity contribution in [3.05, 3.63) is 33.8 Å². The van der Waals surface area contributed by atoms with E-state index in [0.29, 0.717) is 15.6 Å². The molecule has 7 heteroatoms. The van der Waals surface area contributed by atoms with Crippen LogP contribution >= 0.6 is 23.2 Å². The predicted molar refractivity (Wildman–Crippen MR) is 89.8 cm³/mol. The van der Waals surface area contributed by atoms with Crippen molar-refractivity contribution >= 4 is 35.1 Å². The van der Waals surface area contributed by atoms with Crippen molar-refractivity contribution in [1.82, 2.24) is 10.6 Å². The van der Waals surface area contributed by atoms with E-state index in [1.807, 2.05) is 0 Å². The Labute approximate surface area is 145 Å². The van der Waals surface area contributed by atoms with Crippen molar-refractivity contribution in [3.63, 3.8) is 0 Å². The molecule has 1 fully saturated rings. The maximum absolute atomic E-state index is 12.4. The van der Waals surface area contributed by atoms with Gasteiger partial charge in [-0.3, -0.25) is 10.1 Å². The second-order valence-electron chi connectivity index (χ2n) is 5.52. The van der Waals surface area contributed by atoms with Gasteiger partial charge in [-0.05, 0) is 30.5 Å². The molecular weight excluding hydrogens is 339 g/mol.